The molecule has 4 rings (SSSR count). The first-order valence-electron chi connectivity index (χ1n) is 11.5. The van der Waals surface area contributed by atoms with Gasteiger partial charge in [-0.3, -0.25) is 0 Å². The molecular weight excluding hydrogens is 448 g/mol. The van der Waals surface area contributed by atoms with Gasteiger partial charge in [-0.2, -0.15) is 0 Å². The Morgan fingerprint density at radius 2 is 1.34 bits per heavy atom. The summed E-state index contributed by atoms with van der Waals surface area (Å²) in [6.45, 7) is 0.601. The number of ether oxygens (including phenoxy) is 5. The highest BCUT2D eigenvalue weighted by Crippen LogP contribution is 2.36. The van der Waals surface area contributed by atoms with Gasteiger partial charge < -0.3 is 28.8 Å². The van der Waals surface area contributed by atoms with Gasteiger partial charge in [-0.15, -0.1) is 0 Å². The molecule has 0 unspecified atom stereocenters. The molecule has 1 saturated heterocycles. The van der Waals surface area contributed by atoms with E-state index in [4.69, 9.17) is 23.7 Å². The van der Waals surface area contributed by atoms with E-state index in [2.05, 4.69) is 0 Å². The van der Waals surface area contributed by atoms with E-state index in [9.17, 15) is 9.90 Å². The molecule has 0 saturated carbocycles. The van der Waals surface area contributed by atoms with Crippen LogP contribution in [0.1, 0.15) is 33.2 Å². The number of aliphatic hydroxyl groups excluding tert-OH is 1. The van der Waals surface area contributed by atoms with Crippen molar-refractivity contribution in [2.45, 2.75) is 43.9 Å². The first-order valence-corrected chi connectivity index (χ1v) is 11.5. The van der Waals surface area contributed by atoms with Gasteiger partial charge in [-0.05, 0) is 28.8 Å². The third-order valence-corrected chi connectivity index (χ3v) is 5.98. The Kier molecular flexibility index (Phi) is 8.63. The van der Waals surface area contributed by atoms with Crippen LogP contribution in [0.3, 0.4) is 0 Å². The first-order chi connectivity index (χ1) is 17.1. The minimum Gasteiger partial charge on any atom is -0.465 e. The number of hydrogen-bond donors (Lipinski definition) is 1. The molecular formula is C28H30O7. The van der Waals surface area contributed by atoms with Gasteiger partial charge in [0.15, 0.2) is 6.29 Å². The van der Waals surface area contributed by atoms with E-state index in [1.165, 1.54) is 14.2 Å². The molecule has 5 atom stereocenters. The lowest BCUT2D eigenvalue weighted by Gasteiger charge is -2.44. The molecule has 184 valence electrons. The molecule has 0 aromatic heterocycles. The summed E-state index contributed by atoms with van der Waals surface area (Å²) >= 11 is 0. The zero-order chi connectivity index (χ0) is 24.6. The van der Waals surface area contributed by atoms with Crippen LogP contribution in [0.4, 0.5) is 0 Å². The molecule has 1 aliphatic rings. The number of hydrogen-bond acceptors (Lipinski definition) is 7. The molecule has 1 fully saturated rings. The SMILES string of the molecule is COC(=O)c1ccc([C@@H]2O[C@H](OC)[C@H](OCc3ccccc3)[C@@H](OCc3ccccc3)[C@H]2O)cc1. The molecule has 0 aliphatic carbocycles. The number of benzene rings is 3. The van der Waals surface area contributed by atoms with Crippen molar-refractivity contribution in [3.05, 3.63) is 107 Å². The van der Waals surface area contributed by atoms with E-state index in [-0.39, 0.29) is 6.61 Å². The molecule has 1 heterocycles. The Bertz CT molecular complexity index is 1060. The molecule has 7 nitrogen and oxygen atoms in total. The van der Waals surface area contributed by atoms with E-state index in [0.717, 1.165) is 11.1 Å². The summed E-state index contributed by atoms with van der Waals surface area (Å²) in [6.07, 6.45) is -3.99. The molecule has 0 amide bonds. The maximum Gasteiger partial charge on any atom is 0.337 e. The fourth-order valence-electron chi connectivity index (χ4n) is 4.12. The Morgan fingerprint density at radius 3 is 1.86 bits per heavy atom. The van der Waals surface area contributed by atoms with Gasteiger partial charge in [0.25, 0.3) is 0 Å². The van der Waals surface area contributed by atoms with Crippen molar-refractivity contribution in [3.63, 3.8) is 0 Å². The van der Waals surface area contributed by atoms with Crippen LogP contribution in [0.25, 0.3) is 0 Å². The summed E-state index contributed by atoms with van der Waals surface area (Å²) in [5.41, 5.74) is 3.05. The summed E-state index contributed by atoms with van der Waals surface area (Å²) in [5, 5.41) is 11.4. The van der Waals surface area contributed by atoms with Crippen molar-refractivity contribution >= 4 is 5.97 Å². The summed E-state index contributed by atoms with van der Waals surface area (Å²) in [7, 11) is 2.87. The highest BCUT2D eigenvalue weighted by molar-refractivity contribution is 5.89. The normalized spacial score (nSPS) is 24.1. The monoisotopic (exact) mass is 478 g/mol. The quantitative estimate of drug-likeness (QED) is 0.465. The molecule has 3 aromatic rings. The van der Waals surface area contributed by atoms with Gasteiger partial charge in [-0.1, -0.05) is 72.8 Å². The zero-order valence-corrected chi connectivity index (χ0v) is 19.8. The summed E-state index contributed by atoms with van der Waals surface area (Å²) < 4.78 is 29.0. The average molecular weight is 479 g/mol. The average Bonchev–Trinajstić information content (AvgIpc) is 2.92. The maximum absolute atomic E-state index is 11.8. The topological polar surface area (TPSA) is 83.5 Å². The maximum atomic E-state index is 11.8. The Morgan fingerprint density at radius 1 is 0.800 bits per heavy atom. The van der Waals surface area contributed by atoms with E-state index in [1.54, 1.807) is 24.3 Å². The van der Waals surface area contributed by atoms with Crippen LogP contribution < -0.4 is 0 Å². The van der Waals surface area contributed by atoms with Gasteiger partial charge in [0.05, 0.1) is 25.9 Å². The van der Waals surface area contributed by atoms with Crippen LogP contribution >= 0.6 is 0 Å². The largest absolute Gasteiger partial charge is 0.465 e. The molecule has 3 aromatic carbocycles. The fourth-order valence-corrected chi connectivity index (χ4v) is 4.12. The van der Waals surface area contributed by atoms with Crippen molar-refractivity contribution < 1.29 is 33.6 Å². The second-order valence-corrected chi connectivity index (χ2v) is 8.29. The molecule has 1 N–H and O–H groups in total. The minimum atomic E-state index is -1.05. The van der Waals surface area contributed by atoms with Gasteiger partial charge in [0.2, 0.25) is 0 Å². The summed E-state index contributed by atoms with van der Waals surface area (Å²) in [5.74, 6) is -0.435. The molecule has 0 radical (unpaired) electrons. The summed E-state index contributed by atoms with van der Waals surface area (Å²) in [4.78, 5) is 11.8. The molecule has 35 heavy (non-hydrogen) atoms. The lowest BCUT2D eigenvalue weighted by atomic mass is 9.93. The molecule has 0 bridgehead atoms. The van der Waals surface area contributed by atoms with E-state index >= 15 is 0 Å². The number of esters is 1. The van der Waals surface area contributed by atoms with Crippen LogP contribution in [0.2, 0.25) is 0 Å². The van der Waals surface area contributed by atoms with Gasteiger partial charge in [0.1, 0.15) is 24.4 Å². The number of methoxy groups -OCH3 is 2. The lowest BCUT2D eigenvalue weighted by Crippen LogP contribution is -2.56. The van der Waals surface area contributed by atoms with E-state index < -0.39 is 36.7 Å². The van der Waals surface area contributed by atoms with Gasteiger partial charge >= 0.3 is 5.97 Å². The van der Waals surface area contributed by atoms with E-state index in [0.29, 0.717) is 17.7 Å². The zero-order valence-electron chi connectivity index (χ0n) is 19.8. The van der Waals surface area contributed by atoms with Crippen molar-refractivity contribution in [2.24, 2.45) is 0 Å². The van der Waals surface area contributed by atoms with Crippen molar-refractivity contribution in [1.29, 1.82) is 0 Å². The van der Waals surface area contributed by atoms with Crippen LogP contribution in [0.5, 0.6) is 0 Å². The Balaban J connectivity index is 1.57. The molecule has 1 aliphatic heterocycles. The number of carbonyl (C=O) groups is 1. The van der Waals surface area contributed by atoms with Crippen molar-refractivity contribution in [1.82, 2.24) is 0 Å². The number of aliphatic hydroxyl groups is 1. The second-order valence-electron chi connectivity index (χ2n) is 8.29. The molecule has 7 heteroatoms. The standard InChI is InChI=1S/C28H30O7/c1-31-27(30)22-15-13-21(14-16-22)24-23(29)25(33-17-19-9-5-3-6-10-19)26(28(32-2)35-24)34-18-20-11-7-4-8-12-20/h3-16,23-26,28-29H,17-18H2,1-2H3/t23-,24-,25-,26+,28-/m0/s1. The highest BCUT2D eigenvalue weighted by atomic mass is 16.7. The first kappa shape index (κ1) is 25.0. The predicted molar refractivity (Wildman–Crippen MR) is 128 cm³/mol. The Labute approximate surface area is 205 Å². The minimum absolute atomic E-state index is 0.290. The van der Waals surface area contributed by atoms with Crippen molar-refractivity contribution in [3.8, 4) is 0 Å². The lowest BCUT2D eigenvalue weighted by molar-refractivity contribution is -0.312. The summed E-state index contributed by atoms with van der Waals surface area (Å²) in [6, 6.07) is 26.2. The van der Waals surface area contributed by atoms with Gasteiger partial charge in [0, 0.05) is 7.11 Å². The number of carbonyl (C=O) groups excluding carboxylic acids is 1. The molecule has 0 spiro atoms. The second kappa shape index (κ2) is 12.1. The smallest absolute Gasteiger partial charge is 0.337 e. The Hall–Kier alpha value is -3.07. The van der Waals surface area contributed by atoms with Gasteiger partial charge in [-0.25, -0.2) is 4.79 Å². The third-order valence-electron chi connectivity index (χ3n) is 5.98. The predicted octanol–water partition coefficient (Wildman–Crippen LogP) is 4.05. The third kappa shape index (κ3) is 6.14. The van der Waals surface area contributed by atoms with Crippen LogP contribution in [0, 0.1) is 0 Å². The van der Waals surface area contributed by atoms with E-state index in [1.807, 2.05) is 60.7 Å². The highest BCUT2D eigenvalue weighted by Gasteiger charge is 2.47. The number of rotatable bonds is 9. The van der Waals surface area contributed by atoms with Crippen molar-refractivity contribution in [2.75, 3.05) is 14.2 Å². The fraction of sp³-hybridized carbons (Fsp3) is 0.321. The van der Waals surface area contributed by atoms with Crippen LogP contribution in [-0.2, 0) is 36.9 Å². The van der Waals surface area contributed by atoms with Crippen LogP contribution in [-0.4, -0.2) is 49.9 Å². The van der Waals surface area contributed by atoms with Crippen LogP contribution in [0.15, 0.2) is 84.9 Å².